The Morgan fingerprint density at radius 3 is 1.91 bits per heavy atom. The van der Waals surface area contributed by atoms with E-state index < -0.39 is 102 Å². The SMILES string of the molecule is COC(=O)[C@@H]1Cc2ccc(OC(=O)OC(C)(C)C)c(c2)-c2cc(ccc2OCC(O)CNC(=O)OC(C)(C)C)[C@H](N(C)C(=O)[C@H](CCCCNC(=O)OC(C)(C)C)NC(=O)c2ccc(-c3ccc(Cl)cc3)cc2)C(=O)N[C@@H](C)C(=O)N1. The molecule has 5 atom stereocenters. The number of methoxy groups -OCH3 is 1. The van der Waals surface area contributed by atoms with Crippen LogP contribution in [-0.2, 0) is 44.5 Å². The van der Waals surface area contributed by atoms with Gasteiger partial charge in [0.15, 0.2) is 0 Å². The number of halogens is 1. The smallest absolute Gasteiger partial charge is 0.490 e. The van der Waals surface area contributed by atoms with Crippen LogP contribution < -0.4 is 36.1 Å². The lowest BCUT2D eigenvalue weighted by atomic mass is 9.93. The van der Waals surface area contributed by atoms with E-state index in [9.17, 15) is 38.7 Å². The molecule has 0 radical (unpaired) electrons. The number of unbranched alkanes of at least 4 members (excludes halogenated alkanes) is 1. The van der Waals surface area contributed by atoms with Crippen molar-refractivity contribution in [2.75, 3.05) is 33.9 Å². The number of aliphatic hydroxyl groups is 1. The van der Waals surface area contributed by atoms with Gasteiger partial charge in [-0.05, 0) is 159 Å². The lowest BCUT2D eigenvalue weighted by Crippen LogP contribution is -2.55. The summed E-state index contributed by atoms with van der Waals surface area (Å²) in [6.07, 6.45) is -3.29. The van der Waals surface area contributed by atoms with Gasteiger partial charge in [-0.2, -0.15) is 0 Å². The normalized spacial score (nSPS) is 16.3. The molecule has 21 nitrogen and oxygen atoms in total. The summed E-state index contributed by atoms with van der Waals surface area (Å²) in [6, 6.07) is 17.4. The van der Waals surface area contributed by atoms with Gasteiger partial charge >= 0.3 is 24.3 Å². The highest BCUT2D eigenvalue weighted by molar-refractivity contribution is 6.30. The second-order valence-electron chi connectivity index (χ2n) is 22.4. The molecule has 0 fully saturated rings. The summed E-state index contributed by atoms with van der Waals surface area (Å²) in [4.78, 5) is 111. The predicted molar refractivity (Wildman–Crippen MR) is 301 cm³/mol. The molecule has 1 heterocycles. The largest absolute Gasteiger partial charge is 0.514 e. The zero-order chi connectivity index (χ0) is 60.0. The molecule has 1 aliphatic rings. The third-order valence-corrected chi connectivity index (χ3v) is 12.3. The Labute approximate surface area is 477 Å². The topological polar surface area (TPSA) is 276 Å². The molecule has 4 bridgehead atoms. The van der Waals surface area contributed by atoms with E-state index in [0.29, 0.717) is 17.0 Å². The average Bonchev–Trinajstić information content (AvgIpc) is 3.47. The molecule has 1 aliphatic heterocycles. The van der Waals surface area contributed by atoms with Crippen LogP contribution in [0.3, 0.4) is 0 Å². The summed E-state index contributed by atoms with van der Waals surface area (Å²) >= 11 is 6.11. The summed E-state index contributed by atoms with van der Waals surface area (Å²) in [5.41, 5.74) is 0.168. The lowest BCUT2D eigenvalue weighted by molar-refractivity contribution is -0.145. The molecule has 81 heavy (non-hydrogen) atoms. The van der Waals surface area contributed by atoms with Crippen molar-refractivity contribution >= 4 is 59.5 Å². The molecular weight excluding hydrogens is 1070 g/mol. The summed E-state index contributed by atoms with van der Waals surface area (Å²) < 4.78 is 33.3. The molecule has 0 saturated heterocycles. The molecule has 1 unspecified atom stereocenters. The van der Waals surface area contributed by atoms with Gasteiger partial charge in [0, 0.05) is 41.7 Å². The first-order valence-corrected chi connectivity index (χ1v) is 26.8. The van der Waals surface area contributed by atoms with Crippen LogP contribution in [0.4, 0.5) is 14.4 Å². The van der Waals surface area contributed by atoms with E-state index in [1.165, 1.54) is 38.2 Å². The maximum absolute atomic E-state index is 15.2. The number of hydrogen-bond acceptors (Lipinski definition) is 15. The van der Waals surface area contributed by atoms with E-state index >= 15 is 4.79 Å². The minimum atomic E-state index is -1.59. The number of esters is 1. The molecule has 0 aromatic heterocycles. The second kappa shape index (κ2) is 28.0. The predicted octanol–water partition coefficient (Wildman–Crippen LogP) is 7.96. The van der Waals surface area contributed by atoms with E-state index in [-0.39, 0.29) is 66.1 Å². The Hall–Kier alpha value is -7.91. The lowest BCUT2D eigenvalue weighted by Gasteiger charge is -2.33. The van der Waals surface area contributed by atoms with Gasteiger partial charge in [-0.1, -0.05) is 48.0 Å². The van der Waals surface area contributed by atoms with Crippen molar-refractivity contribution in [3.05, 3.63) is 107 Å². The number of fused-ring (bicyclic) bond motifs is 5. The van der Waals surface area contributed by atoms with Gasteiger partial charge in [-0.25, -0.2) is 19.2 Å². The van der Waals surface area contributed by atoms with Gasteiger partial charge in [-0.15, -0.1) is 0 Å². The first-order chi connectivity index (χ1) is 37.9. The number of carbonyl (C=O) groups is 8. The second-order valence-corrected chi connectivity index (χ2v) is 22.8. The van der Waals surface area contributed by atoms with Crippen LogP contribution in [0.15, 0.2) is 84.9 Å². The van der Waals surface area contributed by atoms with E-state index in [1.807, 2.05) is 12.1 Å². The molecule has 6 N–H and O–H groups in total. The molecule has 0 saturated carbocycles. The third-order valence-electron chi connectivity index (χ3n) is 12.0. The number of hydrogen-bond donors (Lipinski definition) is 6. The Morgan fingerprint density at radius 1 is 0.728 bits per heavy atom. The van der Waals surface area contributed by atoms with E-state index in [1.54, 1.807) is 111 Å². The average molecular weight is 1140 g/mol. The molecule has 5 rings (SSSR count). The Morgan fingerprint density at radius 2 is 1.31 bits per heavy atom. The van der Waals surface area contributed by atoms with Gasteiger partial charge < -0.3 is 65.0 Å². The fraction of sp³-hybridized carbons (Fsp3) is 0.458. The molecule has 4 aromatic rings. The number of carbonyl (C=O) groups excluding carboxylic acids is 8. The van der Waals surface area contributed by atoms with Crippen molar-refractivity contribution in [1.29, 1.82) is 0 Å². The first kappa shape index (κ1) is 63.9. The number of nitrogens with one attached hydrogen (secondary N) is 5. The highest BCUT2D eigenvalue weighted by Gasteiger charge is 2.37. The van der Waals surface area contributed by atoms with Gasteiger partial charge in [0.1, 0.15) is 65.2 Å². The Kier molecular flexibility index (Phi) is 22.1. The summed E-state index contributed by atoms with van der Waals surface area (Å²) in [5.74, 6) is -3.83. The van der Waals surface area contributed by atoms with E-state index in [4.69, 9.17) is 40.0 Å². The molecular formula is C59H75ClN6O15. The highest BCUT2D eigenvalue weighted by atomic mass is 35.5. The molecule has 22 heteroatoms. The van der Waals surface area contributed by atoms with Crippen LogP contribution in [-0.4, -0.2) is 133 Å². The van der Waals surface area contributed by atoms with Gasteiger partial charge in [-0.3, -0.25) is 19.2 Å². The molecule has 4 aromatic carbocycles. The number of benzene rings is 4. The first-order valence-electron chi connectivity index (χ1n) is 26.4. The monoisotopic (exact) mass is 1140 g/mol. The molecule has 0 aliphatic carbocycles. The number of rotatable bonds is 17. The van der Waals surface area contributed by atoms with Crippen LogP contribution in [0.5, 0.6) is 11.5 Å². The summed E-state index contributed by atoms with van der Waals surface area (Å²) in [5, 5.41) is 25.0. The number of aliphatic hydroxyl groups excluding tert-OH is 1. The van der Waals surface area contributed by atoms with E-state index in [2.05, 4.69) is 26.6 Å². The number of nitrogens with zero attached hydrogens (tertiary/aromatic N) is 1. The Balaban J connectivity index is 1.63. The molecule has 438 valence electrons. The summed E-state index contributed by atoms with van der Waals surface area (Å²) in [6.45, 7) is 16.0. The standard InChI is InChI=1S/C59H75ClN6O15/c1-34-49(68)65-45(53(72)76-12)30-35-16-26-47(78-56(75)81-59(8,9)10)42(29-35)43-31-39(23-27-46(43)77-33-41(67)32-62-55(74)80-58(5,6)7)48(51(70)63-34)66(11)52(71)44(15-13-14-28-61-54(73)79-57(2,3)4)64-50(69)38-19-17-36(18-20-38)37-21-24-40(60)25-22-37/h16-27,29,31,34,41,44-45,48,67H,13-15,28,30,32-33H2,1-12H3,(H,61,73)(H,62,74)(H,63,70)(H,64,69)(H,65,68)/t34-,41?,44-,45-,48-/m0/s1. The van der Waals surface area contributed by atoms with E-state index in [0.717, 1.165) is 23.1 Å². The molecule has 6 amide bonds. The number of ether oxygens (including phenoxy) is 6. The number of amides is 6. The van der Waals surface area contributed by atoms with Gasteiger partial charge in [0.25, 0.3) is 5.91 Å². The van der Waals surface area contributed by atoms with Crippen LogP contribution >= 0.6 is 11.6 Å². The van der Waals surface area contributed by atoms with Crippen molar-refractivity contribution in [1.82, 2.24) is 31.5 Å². The zero-order valence-electron chi connectivity index (χ0n) is 47.9. The van der Waals surface area contributed by atoms with Crippen molar-refractivity contribution in [2.24, 2.45) is 0 Å². The van der Waals surface area contributed by atoms with Crippen LogP contribution in [0.1, 0.15) is 116 Å². The third kappa shape index (κ3) is 20.0. The maximum atomic E-state index is 15.2. The minimum absolute atomic E-state index is 0.0249. The van der Waals surface area contributed by atoms with Crippen molar-refractivity contribution in [3.8, 4) is 33.8 Å². The maximum Gasteiger partial charge on any atom is 0.514 e. The van der Waals surface area contributed by atoms with Crippen molar-refractivity contribution < 1.29 is 71.9 Å². The van der Waals surface area contributed by atoms with Gasteiger partial charge in [0.2, 0.25) is 17.7 Å². The molecule has 0 spiro atoms. The fourth-order valence-electron chi connectivity index (χ4n) is 8.26. The number of alkyl carbamates (subject to hydrolysis) is 2. The van der Waals surface area contributed by atoms with Gasteiger partial charge in [0.05, 0.1) is 13.7 Å². The number of likely N-dealkylation sites (N-methyl/N-ethyl adjacent to an activating group) is 1. The van der Waals surface area contributed by atoms with Crippen LogP contribution in [0.25, 0.3) is 22.3 Å². The quantitative estimate of drug-likeness (QED) is 0.0253. The Bertz CT molecular complexity index is 2900. The van der Waals surface area contributed by atoms with Crippen molar-refractivity contribution in [2.45, 2.75) is 142 Å². The van der Waals surface area contributed by atoms with Crippen LogP contribution in [0, 0.1) is 0 Å². The van der Waals surface area contributed by atoms with Crippen molar-refractivity contribution in [3.63, 3.8) is 0 Å². The minimum Gasteiger partial charge on any atom is -0.490 e. The summed E-state index contributed by atoms with van der Waals surface area (Å²) in [7, 11) is 2.50. The highest BCUT2D eigenvalue weighted by Crippen LogP contribution is 2.41. The van der Waals surface area contributed by atoms with Crippen LogP contribution in [0.2, 0.25) is 5.02 Å². The fourth-order valence-corrected chi connectivity index (χ4v) is 8.39. The zero-order valence-corrected chi connectivity index (χ0v) is 48.7.